The minimum absolute atomic E-state index is 0.552. The summed E-state index contributed by atoms with van der Waals surface area (Å²) in [5, 5.41) is 8.40. The molecule has 0 fully saturated rings. The number of nitrogens with two attached hydrogens (primary N) is 1. The lowest BCUT2D eigenvalue weighted by molar-refractivity contribution is 0.666. The summed E-state index contributed by atoms with van der Waals surface area (Å²) in [5.74, 6) is 0.552. The summed E-state index contributed by atoms with van der Waals surface area (Å²) in [4.78, 5) is 13.0. The number of aromatic nitrogens is 6. The van der Waals surface area contributed by atoms with Crippen LogP contribution in [0.4, 0.5) is 11.6 Å². The number of rotatable bonds is 6. The largest absolute Gasteiger partial charge is 0.332 e. The molecule has 0 aliphatic carbocycles. The van der Waals surface area contributed by atoms with Crippen LogP contribution in [0.15, 0.2) is 55.4 Å². The highest BCUT2D eigenvalue weighted by Crippen LogP contribution is 2.19. The molecule has 0 spiro atoms. The van der Waals surface area contributed by atoms with E-state index in [9.17, 15) is 0 Å². The van der Waals surface area contributed by atoms with E-state index in [0.717, 1.165) is 35.4 Å². The third kappa shape index (κ3) is 3.20. The van der Waals surface area contributed by atoms with Gasteiger partial charge in [-0.3, -0.25) is 0 Å². The molecule has 4 rings (SSSR count). The highest BCUT2D eigenvalue weighted by Gasteiger charge is 2.06. The van der Waals surface area contributed by atoms with Gasteiger partial charge in [0.1, 0.15) is 18.3 Å². The Morgan fingerprint density at radius 1 is 1.20 bits per heavy atom. The van der Waals surface area contributed by atoms with Gasteiger partial charge in [-0.1, -0.05) is 6.07 Å². The normalized spacial score (nSPS) is 11.1. The molecule has 0 radical (unpaired) electrons. The molecule has 3 heterocycles. The Morgan fingerprint density at radius 2 is 2.16 bits per heavy atom. The number of benzene rings is 1. The van der Waals surface area contributed by atoms with E-state index in [1.807, 2.05) is 42.7 Å². The van der Waals surface area contributed by atoms with Crippen molar-refractivity contribution in [3.63, 3.8) is 0 Å². The van der Waals surface area contributed by atoms with E-state index in [2.05, 4.69) is 29.9 Å². The number of nitrogens with zero attached hydrogens (tertiary/aromatic N) is 6. The van der Waals surface area contributed by atoms with Crippen molar-refractivity contribution < 1.29 is 0 Å². The molecule has 0 bridgehead atoms. The number of aryl methyl sites for hydroxylation is 1. The number of hydrogen-bond acceptors (Lipinski definition) is 6. The topological polar surface area (TPSA) is 99.5 Å². The van der Waals surface area contributed by atoms with Gasteiger partial charge in [0, 0.05) is 30.0 Å². The molecule has 0 aliphatic rings. The maximum Gasteiger partial charge on any atom is 0.229 e. The van der Waals surface area contributed by atoms with Crippen molar-refractivity contribution in [1.82, 2.24) is 29.3 Å². The minimum atomic E-state index is 0.552. The van der Waals surface area contributed by atoms with Gasteiger partial charge in [-0.15, -0.1) is 0 Å². The fourth-order valence-electron chi connectivity index (χ4n) is 2.67. The first kappa shape index (κ1) is 15.3. The fraction of sp³-hybridized carbons (Fsp3) is 0.176. The van der Waals surface area contributed by atoms with Crippen LogP contribution in [0.5, 0.6) is 0 Å². The van der Waals surface area contributed by atoms with Crippen LogP contribution in [-0.2, 0) is 6.54 Å². The van der Waals surface area contributed by atoms with Crippen LogP contribution < -0.4 is 11.1 Å². The van der Waals surface area contributed by atoms with Crippen LogP contribution in [0.3, 0.4) is 0 Å². The third-order valence-corrected chi connectivity index (χ3v) is 3.89. The lowest BCUT2D eigenvalue weighted by Crippen LogP contribution is -2.06. The van der Waals surface area contributed by atoms with Gasteiger partial charge in [-0.25, -0.2) is 14.6 Å². The van der Waals surface area contributed by atoms with Crippen LogP contribution in [0.2, 0.25) is 0 Å². The summed E-state index contributed by atoms with van der Waals surface area (Å²) in [6.45, 7) is 1.50. The Bertz CT molecular complexity index is 973. The molecule has 8 heteroatoms. The molecule has 0 atom stereocenters. The van der Waals surface area contributed by atoms with Gasteiger partial charge in [-0.05, 0) is 37.2 Å². The quantitative estimate of drug-likeness (QED) is 0.560. The molecule has 1 aromatic carbocycles. The average Bonchev–Trinajstić information content (AvgIpc) is 3.30. The van der Waals surface area contributed by atoms with E-state index in [-0.39, 0.29) is 0 Å². The summed E-state index contributed by atoms with van der Waals surface area (Å²) in [6, 6.07) is 9.85. The Morgan fingerprint density at radius 3 is 3.00 bits per heavy atom. The average molecular weight is 334 g/mol. The molecule has 3 aromatic heterocycles. The number of hydrogen-bond donors (Lipinski definition) is 2. The van der Waals surface area contributed by atoms with E-state index < -0.39 is 0 Å². The van der Waals surface area contributed by atoms with E-state index >= 15 is 0 Å². The zero-order valence-electron chi connectivity index (χ0n) is 13.6. The Balaban J connectivity index is 1.61. The standard InChI is InChI=1S/C17H18N8/c18-6-2-7-24-8-5-13-10-20-17(23-16(13)24)22-14-3-1-4-15(9-14)25-12-19-11-21-25/h1,3-5,8-12H,2,6-7,18H2,(H,20,22,23). The third-order valence-electron chi connectivity index (χ3n) is 3.89. The molecule has 0 saturated heterocycles. The molecule has 3 N–H and O–H groups in total. The maximum absolute atomic E-state index is 5.61. The molecule has 0 saturated carbocycles. The molecule has 0 unspecified atom stereocenters. The van der Waals surface area contributed by atoms with Gasteiger partial charge in [0.25, 0.3) is 0 Å². The molecular formula is C17H18N8. The second kappa shape index (κ2) is 6.70. The summed E-state index contributed by atoms with van der Waals surface area (Å²) in [6.07, 6.45) is 7.92. The van der Waals surface area contributed by atoms with Gasteiger partial charge in [0.05, 0.1) is 5.69 Å². The predicted octanol–water partition coefficient (Wildman–Crippen LogP) is 2.10. The SMILES string of the molecule is NCCCn1ccc2cnc(Nc3cccc(-n4cncn4)c3)nc21. The lowest BCUT2D eigenvalue weighted by atomic mass is 10.3. The first-order valence-corrected chi connectivity index (χ1v) is 8.07. The van der Waals surface area contributed by atoms with Crippen molar-refractivity contribution in [3.05, 3.63) is 55.4 Å². The molecule has 0 amide bonds. The van der Waals surface area contributed by atoms with Crippen molar-refractivity contribution in [2.45, 2.75) is 13.0 Å². The van der Waals surface area contributed by atoms with Gasteiger partial charge < -0.3 is 15.6 Å². The van der Waals surface area contributed by atoms with Crippen molar-refractivity contribution in [2.75, 3.05) is 11.9 Å². The summed E-state index contributed by atoms with van der Waals surface area (Å²) < 4.78 is 3.80. The second-order valence-electron chi connectivity index (χ2n) is 5.64. The fourth-order valence-corrected chi connectivity index (χ4v) is 2.67. The van der Waals surface area contributed by atoms with Gasteiger partial charge in [0.2, 0.25) is 5.95 Å². The summed E-state index contributed by atoms with van der Waals surface area (Å²) >= 11 is 0. The lowest BCUT2D eigenvalue weighted by Gasteiger charge is -2.08. The predicted molar refractivity (Wildman–Crippen MR) is 95.8 cm³/mol. The maximum atomic E-state index is 5.61. The molecule has 126 valence electrons. The van der Waals surface area contributed by atoms with Crippen molar-refractivity contribution in [2.24, 2.45) is 5.73 Å². The number of anilines is 2. The van der Waals surface area contributed by atoms with Crippen molar-refractivity contribution in [3.8, 4) is 5.69 Å². The molecule has 8 nitrogen and oxygen atoms in total. The molecule has 0 aliphatic heterocycles. The zero-order valence-corrected chi connectivity index (χ0v) is 13.6. The first-order chi connectivity index (χ1) is 12.3. The van der Waals surface area contributed by atoms with Gasteiger partial charge >= 0.3 is 0 Å². The smallest absolute Gasteiger partial charge is 0.229 e. The summed E-state index contributed by atoms with van der Waals surface area (Å²) in [7, 11) is 0. The Hall–Kier alpha value is -3.26. The summed E-state index contributed by atoms with van der Waals surface area (Å²) in [5.41, 5.74) is 8.30. The van der Waals surface area contributed by atoms with Crippen LogP contribution >= 0.6 is 0 Å². The van der Waals surface area contributed by atoms with Crippen molar-refractivity contribution >= 4 is 22.7 Å². The van der Waals surface area contributed by atoms with Gasteiger partial charge in [-0.2, -0.15) is 10.1 Å². The van der Waals surface area contributed by atoms with E-state index in [4.69, 9.17) is 5.73 Å². The van der Waals surface area contributed by atoms with E-state index in [1.54, 1.807) is 11.0 Å². The van der Waals surface area contributed by atoms with E-state index in [1.165, 1.54) is 6.33 Å². The molecular weight excluding hydrogens is 316 g/mol. The second-order valence-corrected chi connectivity index (χ2v) is 5.64. The van der Waals surface area contributed by atoms with Crippen LogP contribution in [0.1, 0.15) is 6.42 Å². The minimum Gasteiger partial charge on any atom is -0.332 e. The van der Waals surface area contributed by atoms with Crippen LogP contribution in [0, 0.1) is 0 Å². The molecule has 4 aromatic rings. The van der Waals surface area contributed by atoms with Crippen LogP contribution in [0.25, 0.3) is 16.7 Å². The highest BCUT2D eigenvalue weighted by atomic mass is 15.3. The van der Waals surface area contributed by atoms with E-state index in [0.29, 0.717) is 12.5 Å². The van der Waals surface area contributed by atoms with Gasteiger partial charge in [0.15, 0.2) is 0 Å². The molecule has 25 heavy (non-hydrogen) atoms. The highest BCUT2D eigenvalue weighted by molar-refractivity contribution is 5.76. The first-order valence-electron chi connectivity index (χ1n) is 8.07. The number of nitrogens with one attached hydrogen (secondary N) is 1. The zero-order chi connectivity index (χ0) is 17.1. The Labute approximate surface area is 144 Å². The van der Waals surface area contributed by atoms with Crippen LogP contribution in [-0.4, -0.2) is 35.8 Å². The number of fused-ring (bicyclic) bond motifs is 1. The van der Waals surface area contributed by atoms with Crippen molar-refractivity contribution in [1.29, 1.82) is 0 Å². The monoisotopic (exact) mass is 334 g/mol. The Kier molecular flexibility index (Phi) is 4.09.